The molecule has 102 valence electrons. The van der Waals surface area contributed by atoms with Crippen LogP contribution in [0.1, 0.15) is 37.8 Å². The number of aryl methyl sites for hydroxylation is 2. The number of rotatable bonds is 7. The van der Waals surface area contributed by atoms with Gasteiger partial charge in [0.25, 0.3) is 0 Å². The Hall–Kier alpha value is -1.06. The molecule has 0 aliphatic carbocycles. The van der Waals surface area contributed by atoms with Crippen molar-refractivity contribution in [2.75, 3.05) is 6.61 Å². The molecule has 2 unspecified atom stereocenters. The van der Waals surface area contributed by atoms with Gasteiger partial charge in [-0.15, -0.1) is 0 Å². The maximum Gasteiger partial charge on any atom is 0.122 e. The van der Waals surface area contributed by atoms with Gasteiger partial charge in [0.15, 0.2) is 0 Å². The first-order valence-corrected chi connectivity index (χ1v) is 6.70. The van der Waals surface area contributed by atoms with Crippen molar-refractivity contribution in [2.24, 2.45) is 5.73 Å². The lowest BCUT2D eigenvalue weighted by Gasteiger charge is -2.16. The van der Waals surface area contributed by atoms with Gasteiger partial charge in [0, 0.05) is 6.04 Å². The average Bonchev–Trinajstić information content (AvgIpc) is 2.34. The zero-order valence-electron chi connectivity index (χ0n) is 11.6. The third-order valence-corrected chi connectivity index (χ3v) is 2.99. The summed E-state index contributed by atoms with van der Waals surface area (Å²) in [6.45, 7) is 6.71. The second-order valence-corrected chi connectivity index (χ2v) is 4.92. The van der Waals surface area contributed by atoms with Crippen LogP contribution >= 0.6 is 0 Å². The summed E-state index contributed by atoms with van der Waals surface area (Å²) < 4.78 is 5.72. The molecule has 18 heavy (non-hydrogen) atoms. The number of nitrogens with two attached hydrogens (primary N) is 1. The number of ether oxygens (including phenoxy) is 1. The van der Waals surface area contributed by atoms with Crippen LogP contribution in [-0.4, -0.2) is 23.9 Å². The molecule has 0 fully saturated rings. The van der Waals surface area contributed by atoms with Gasteiger partial charge in [0.05, 0.1) is 12.7 Å². The lowest BCUT2D eigenvalue weighted by atomic mass is 10.0. The number of hydrogen-bond acceptors (Lipinski definition) is 3. The molecular weight excluding hydrogens is 226 g/mol. The largest absolute Gasteiger partial charge is 0.493 e. The number of benzene rings is 1. The summed E-state index contributed by atoms with van der Waals surface area (Å²) in [7, 11) is 0. The summed E-state index contributed by atoms with van der Waals surface area (Å²) in [5.41, 5.74) is 8.03. The number of hydrogen-bond donors (Lipinski definition) is 2. The fourth-order valence-corrected chi connectivity index (χ4v) is 1.82. The lowest BCUT2D eigenvalue weighted by molar-refractivity contribution is 0.141. The van der Waals surface area contributed by atoms with Crippen molar-refractivity contribution in [1.82, 2.24) is 0 Å². The Morgan fingerprint density at radius 2 is 2.11 bits per heavy atom. The highest BCUT2D eigenvalue weighted by Gasteiger charge is 2.11. The van der Waals surface area contributed by atoms with Gasteiger partial charge >= 0.3 is 0 Å². The first-order valence-electron chi connectivity index (χ1n) is 6.70. The van der Waals surface area contributed by atoms with E-state index >= 15 is 0 Å². The molecule has 1 aromatic rings. The number of aliphatic hydroxyl groups is 1. The van der Waals surface area contributed by atoms with Crippen LogP contribution in [0.15, 0.2) is 18.2 Å². The van der Waals surface area contributed by atoms with E-state index in [0.717, 1.165) is 30.8 Å². The lowest BCUT2D eigenvalue weighted by Crippen LogP contribution is -2.31. The van der Waals surface area contributed by atoms with Crippen molar-refractivity contribution in [3.63, 3.8) is 0 Å². The van der Waals surface area contributed by atoms with Gasteiger partial charge in [-0.2, -0.15) is 0 Å². The van der Waals surface area contributed by atoms with Gasteiger partial charge < -0.3 is 15.6 Å². The van der Waals surface area contributed by atoms with E-state index in [1.54, 1.807) is 0 Å². The molecule has 0 aromatic heterocycles. The standard InChI is InChI=1S/C15H25NO2/c1-4-9-18-15-8-5-11(2)10-13(15)6-7-14(17)12(3)16/h5,8,10,12,14,17H,4,6-7,9,16H2,1-3H3. The Morgan fingerprint density at radius 3 is 2.72 bits per heavy atom. The van der Waals surface area contributed by atoms with E-state index in [-0.39, 0.29) is 6.04 Å². The van der Waals surface area contributed by atoms with Crippen molar-refractivity contribution in [3.05, 3.63) is 29.3 Å². The van der Waals surface area contributed by atoms with Gasteiger partial charge in [-0.05, 0) is 44.7 Å². The summed E-state index contributed by atoms with van der Waals surface area (Å²) in [6, 6.07) is 6.00. The smallest absolute Gasteiger partial charge is 0.122 e. The van der Waals surface area contributed by atoms with E-state index < -0.39 is 6.10 Å². The molecule has 0 saturated heterocycles. The van der Waals surface area contributed by atoms with Crippen LogP contribution in [0.25, 0.3) is 0 Å². The van der Waals surface area contributed by atoms with Crippen molar-refractivity contribution < 1.29 is 9.84 Å². The molecule has 0 radical (unpaired) electrons. The third kappa shape index (κ3) is 4.67. The van der Waals surface area contributed by atoms with E-state index in [1.165, 1.54) is 5.56 Å². The Labute approximate surface area is 110 Å². The highest BCUT2D eigenvalue weighted by molar-refractivity contribution is 5.37. The Balaban J connectivity index is 2.69. The topological polar surface area (TPSA) is 55.5 Å². The van der Waals surface area contributed by atoms with Gasteiger partial charge in [-0.25, -0.2) is 0 Å². The van der Waals surface area contributed by atoms with E-state index in [0.29, 0.717) is 6.42 Å². The predicted molar refractivity (Wildman–Crippen MR) is 74.9 cm³/mol. The molecule has 1 aromatic carbocycles. The Kier molecular flexibility index (Phi) is 6.16. The molecule has 2 atom stereocenters. The summed E-state index contributed by atoms with van der Waals surface area (Å²) in [6.07, 6.45) is 2.01. The fraction of sp³-hybridized carbons (Fsp3) is 0.600. The molecule has 3 N–H and O–H groups in total. The van der Waals surface area contributed by atoms with Gasteiger partial charge in [-0.3, -0.25) is 0 Å². The molecule has 0 bridgehead atoms. The van der Waals surface area contributed by atoms with Gasteiger partial charge in [-0.1, -0.05) is 24.6 Å². The molecule has 0 aliphatic heterocycles. The van der Waals surface area contributed by atoms with Crippen LogP contribution in [0.4, 0.5) is 0 Å². The minimum Gasteiger partial charge on any atom is -0.493 e. The van der Waals surface area contributed by atoms with Crippen LogP contribution in [0.3, 0.4) is 0 Å². The van der Waals surface area contributed by atoms with Crippen LogP contribution < -0.4 is 10.5 Å². The Bertz CT molecular complexity index is 364. The van der Waals surface area contributed by atoms with Gasteiger partial charge in [0.2, 0.25) is 0 Å². The summed E-state index contributed by atoms with van der Waals surface area (Å²) >= 11 is 0. The fourth-order valence-electron chi connectivity index (χ4n) is 1.82. The number of aliphatic hydroxyl groups excluding tert-OH is 1. The minimum absolute atomic E-state index is 0.185. The molecule has 0 amide bonds. The van der Waals surface area contributed by atoms with Crippen molar-refractivity contribution >= 4 is 0 Å². The van der Waals surface area contributed by atoms with Crippen molar-refractivity contribution in [3.8, 4) is 5.75 Å². The molecular formula is C15H25NO2. The SMILES string of the molecule is CCCOc1ccc(C)cc1CCC(O)C(C)N. The van der Waals surface area contributed by atoms with Crippen LogP contribution in [0, 0.1) is 6.92 Å². The predicted octanol–water partition coefficient (Wildman–Crippen LogP) is 2.42. The summed E-state index contributed by atoms with van der Waals surface area (Å²) in [5.74, 6) is 0.930. The van der Waals surface area contributed by atoms with Crippen LogP contribution in [0.5, 0.6) is 5.75 Å². The molecule has 0 heterocycles. The maximum atomic E-state index is 9.76. The second kappa shape index (κ2) is 7.39. The van der Waals surface area contributed by atoms with Gasteiger partial charge in [0.1, 0.15) is 5.75 Å². The monoisotopic (exact) mass is 251 g/mol. The maximum absolute atomic E-state index is 9.76. The van der Waals surface area contributed by atoms with Crippen molar-refractivity contribution in [1.29, 1.82) is 0 Å². The normalized spacial score (nSPS) is 14.3. The van der Waals surface area contributed by atoms with E-state index in [9.17, 15) is 5.11 Å². The molecule has 3 heteroatoms. The highest BCUT2D eigenvalue weighted by atomic mass is 16.5. The molecule has 3 nitrogen and oxygen atoms in total. The molecule has 0 spiro atoms. The highest BCUT2D eigenvalue weighted by Crippen LogP contribution is 2.22. The van der Waals surface area contributed by atoms with Crippen LogP contribution in [-0.2, 0) is 6.42 Å². The molecule has 1 rings (SSSR count). The Morgan fingerprint density at radius 1 is 1.39 bits per heavy atom. The molecule has 0 saturated carbocycles. The summed E-state index contributed by atoms with van der Waals surface area (Å²) in [5, 5.41) is 9.76. The first kappa shape index (κ1) is 15.0. The zero-order chi connectivity index (χ0) is 13.5. The second-order valence-electron chi connectivity index (χ2n) is 4.92. The minimum atomic E-state index is -0.454. The quantitative estimate of drug-likeness (QED) is 0.782. The van der Waals surface area contributed by atoms with Crippen LogP contribution in [0.2, 0.25) is 0 Å². The zero-order valence-corrected chi connectivity index (χ0v) is 11.6. The van der Waals surface area contributed by atoms with Crippen molar-refractivity contribution in [2.45, 2.75) is 52.2 Å². The van der Waals surface area contributed by atoms with E-state index in [1.807, 2.05) is 13.0 Å². The van der Waals surface area contributed by atoms with E-state index in [2.05, 4.69) is 26.0 Å². The third-order valence-electron chi connectivity index (χ3n) is 2.99. The average molecular weight is 251 g/mol. The van der Waals surface area contributed by atoms with E-state index in [4.69, 9.17) is 10.5 Å². The molecule has 0 aliphatic rings. The first-order chi connectivity index (χ1) is 8.54. The summed E-state index contributed by atoms with van der Waals surface area (Å²) in [4.78, 5) is 0.